The topological polar surface area (TPSA) is 85.3 Å². The van der Waals surface area contributed by atoms with E-state index in [0.29, 0.717) is 33.8 Å². The average molecular weight is 495 g/mol. The predicted molar refractivity (Wildman–Crippen MR) is 128 cm³/mol. The Morgan fingerprint density at radius 1 is 1.16 bits per heavy atom. The molecule has 2 aliphatic heterocycles. The minimum absolute atomic E-state index is 0.0192. The van der Waals surface area contributed by atoms with Gasteiger partial charge < -0.3 is 14.4 Å². The molecule has 0 aromatic heterocycles. The highest BCUT2D eigenvalue weighted by Crippen LogP contribution is 2.46. The maximum atomic E-state index is 12.7. The number of aryl methyl sites for hydroxylation is 1. The van der Waals surface area contributed by atoms with Gasteiger partial charge in [-0.25, -0.2) is 8.42 Å². The predicted octanol–water partition coefficient (Wildman–Crippen LogP) is 3.59. The minimum atomic E-state index is -3.19. The van der Waals surface area contributed by atoms with E-state index in [1.807, 2.05) is 30.3 Å². The minimum Gasteiger partial charge on any atom is -0.495 e. The van der Waals surface area contributed by atoms with Gasteiger partial charge in [-0.2, -0.15) is 4.99 Å². The Balaban J connectivity index is 1.67. The van der Waals surface area contributed by atoms with Gasteiger partial charge in [0.15, 0.2) is 15.0 Å². The smallest absolute Gasteiger partial charge is 0.248 e. The van der Waals surface area contributed by atoms with Crippen molar-refractivity contribution in [2.45, 2.75) is 24.1 Å². The molecule has 2 saturated heterocycles. The third-order valence-corrected chi connectivity index (χ3v) is 8.98. The molecule has 2 aliphatic rings. The molecule has 2 aromatic carbocycles. The third-order valence-electron chi connectivity index (χ3n) is 5.47. The van der Waals surface area contributed by atoms with E-state index < -0.39 is 9.84 Å². The molecule has 0 radical (unpaired) electrons. The molecule has 10 heteroatoms. The monoisotopic (exact) mass is 494 g/mol. The molecule has 170 valence electrons. The number of amides is 1. The molecule has 0 saturated carbocycles. The quantitative estimate of drug-likeness (QED) is 0.606. The van der Waals surface area contributed by atoms with Gasteiger partial charge in [-0.05, 0) is 18.1 Å². The highest BCUT2D eigenvalue weighted by Gasteiger charge is 2.50. The molecule has 1 amide bonds. The number of fused-ring (bicyclic) bond motifs is 1. The van der Waals surface area contributed by atoms with Gasteiger partial charge in [0.25, 0.3) is 0 Å². The fraction of sp³-hybridized carbons (Fsp3) is 0.364. The van der Waals surface area contributed by atoms with Crippen LogP contribution in [0.15, 0.2) is 47.5 Å². The zero-order valence-electron chi connectivity index (χ0n) is 17.7. The highest BCUT2D eigenvalue weighted by molar-refractivity contribution is 8.16. The SMILES string of the molecule is COc1cc(OC)c(N2C(=NC(=O)CCc3ccccc3)S[C@@H]3CS(=O)(=O)C[C@@H]32)cc1Cl. The second kappa shape index (κ2) is 9.33. The molecule has 2 atom stereocenters. The maximum Gasteiger partial charge on any atom is 0.248 e. The van der Waals surface area contributed by atoms with Crippen molar-refractivity contribution in [1.29, 1.82) is 0 Å². The van der Waals surface area contributed by atoms with Crippen LogP contribution in [0, 0.1) is 0 Å². The van der Waals surface area contributed by atoms with E-state index in [0.717, 1.165) is 5.56 Å². The number of amidine groups is 1. The summed E-state index contributed by atoms with van der Waals surface area (Å²) in [5.41, 5.74) is 1.62. The van der Waals surface area contributed by atoms with Gasteiger partial charge in [0.2, 0.25) is 5.91 Å². The van der Waals surface area contributed by atoms with Crippen molar-refractivity contribution in [2.75, 3.05) is 30.6 Å². The van der Waals surface area contributed by atoms with E-state index in [1.54, 1.807) is 17.0 Å². The lowest BCUT2D eigenvalue weighted by Crippen LogP contribution is -2.38. The fourth-order valence-electron chi connectivity index (χ4n) is 3.94. The summed E-state index contributed by atoms with van der Waals surface area (Å²) in [7, 11) is -0.170. The first kappa shape index (κ1) is 22.9. The number of anilines is 1. The lowest BCUT2D eigenvalue weighted by atomic mass is 10.1. The Hall–Kier alpha value is -2.23. The number of carbonyl (C=O) groups excluding carboxylic acids is 1. The summed E-state index contributed by atoms with van der Waals surface area (Å²) < 4.78 is 35.4. The van der Waals surface area contributed by atoms with E-state index in [4.69, 9.17) is 21.1 Å². The van der Waals surface area contributed by atoms with E-state index in [2.05, 4.69) is 4.99 Å². The van der Waals surface area contributed by atoms with Crippen LogP contribution < -0.4 is 14.4 Å². The maximum absolute atomic E-state index is 12.7. The van der Waals surface area contributed by atoms with Crippen molar-refractivity contribution in [3.63, 3.8) is 0 Å². The molecule has 0 unspecified atom stereocenters. The van der Waals surface area contributed by atoms with E-state index in [-0.39, 0.29) is 35.1 Å². The first-order valence-electron chi connectivity index (χ1n) is 10.0. The summed E-state index contributed by atoms with van der Waals surface area (Å²) in [5, 5.41) is 0.603. The molecule has 2 heterocycles. The van der Waals surface area contributed by atoms with Crippen LogP contribution in [0.3, 0.4) is 0 Å². The van der Waals surface area contributed by atoms with Crippen LogP contribution in [-0.4, -0.2) is 56.5 Å². The highest BCUT2D eigenvalue weighted by atomic mass is 35.5. The second-order valence-corrected chi connectivity index (χ2v) is 11.4. The standard InChI is InChI=1S/C22H23ClN2O5S2/c1-29-18-11-19(30-2)16(10-15(18)23)25-17-12-32(27,28)13-20(17)31-22(25)24-21(26)9-8-14-6-4-3-5-7-14/h3-7,10-11,17,20H,8-9,12-13H2,1-2H3/t17-,20+/m0/s1. The third kappa shape index (κ3) is 4.74. The molecule has 7 nitrogen and oxygen atoms in total. The molecular formula is C22H23ClN2O5S2. The number of hydrogen-bond donors (Lipinski definition) is 0. The zero-order chi connectivity index (χ0) is 22.9. The number of methoxy groups -OCH3 is 2. The van der Waals surface area contributed by atoms with Gasteiger partial charge >= 0.3 is 0 Å². The number of sulfone groups is 1. The van der Waals surface area contributed by atoms with Crippen molar-refractivity contribution in [2.24, 2.45) is 4.99 Å². The van der Waals surface area contributed by atoms with Gasteiger partial charge in [-0.1, -0.05) is 53.7 Å². The van der Waals surface area contributed by atoms with E-state index in [1.165, 1.54) is 26.0 Å². The number of aliphatic imine (C=N–C) groups is 1. The number of hydrogen-bond acceptors (Lipinski definition) is 6. The Bertz CT molecular complexity index is 1150. The first-order chi connectivity index (χ1) is 15.3. The average Bonchev–Trinajstić information content (AvgIpc) is 3.23. The van der Waals surface area contributed by atoms with Gasteiger partial charge in [0.05, 0.1) is 42.5 Å². The van der Waals surface area contributed by atoms with Crippen LogP contribution in [0.25, 0.3) is 0 Å². The van der Waals surface area contributed by atoms with Gasteiger partial charge in [-0.3, -0.25) is 4.79 Å². The number of thioether (sulfide) groups is 1. The van der Waals surface area contributed by atoms with Crippen LogP contribution >= 0.6 is 23.4 Å². The van der Waals surface area contributed by atoms with Crippen molar-refractivity contribution < 1.29 is 22.7 Å². The normalized spacial score (nSPS) is 22.7. The second-order valence-electron chi connectivity index (χ2n) is 7.60. The Morgan fingerprint density at radius 2 is 1.88 bits per heavy atom. The van der Waals surface area contributed by atoms with Gasteiger partial charge in [-0.15, -0.1) is 0 Å². The lowest BCUT2D eigenvalue weighted by molar-refractivity contribution is -0.117. The first-order valence-corrected chi connectivity index (χ1v) is 13.1. The summed E-state index contributed by atoms with van der Waals surface area (Å²) in [6, 6.07) is 12.7. The fourth-order valence-corrected chi connectivity index (χ4v) is 8.10. The van der Waals surface area contributed by atoms with Gasteiger partial charge in [0, 0.05) is 17.7 Å². The molecule has 2 fully saturated rings. The van der Waals surface area contributed by atoms with E-state index >= 15 is 0 Å². The van der Waals surface area contributed by atoms with Crippen molar-refractivity contribution in [3.05, 3.63) is 53.1 Å². The van der Waals surface area contributed by atoms with Crippen LogP contribution in [0.1, 0.15) is 12.0 Å². The van der Waals surface area contributed by atoms with Gasteiger partial charge in [0.1, 0.15) is 11.5 Å². The molecule has 0 bridgehead atoms. The van der Waals surface area contributed by atoms with Crippen molar-refractivity contribution in [3.8, 4) is 11.5 Å². The Labute approximate surface area is 196 Å². The summed E-state index contributed by atoms with van der Waals surface area (Å²) >= 11 is 7.69. The number of ether oxygens (including phenoxy) is 2. The number of rotatable bonds is 6. The van der Waals surface area contributed by atoms with Crippen molar-refractivity contribution >= 4 is 50.0 Å². The lowest BCUT2D eigenvalue weighted by Gasteiger charge is -2.26. The number of nitrogens with zero attached hydrogens (tertiary/aromatic N) is 2. The number of halogens is 1. The molecule has 0 N–H and O–H groups in total. The van der Waals surface area contributed by atoms with Crippen molar-refractivity contribution in [1.82, 2.24) is 0 Å². The Morgan fingerprint density at radius 3 is 2.56 bits per heavy atom. The molecular weight excluding hydrogens is 472 g/mol. The largest absolute Gasteiger partial charge is 0.495 e. The van der Waals surface area contributed by atoms with E-state index in [9.17, 15) is 13.2 Å². The summed E-state index contributed by atoms with van der Waals surface area (Å²) in [4.78, 5) is 18.8. The van der Waals surface area contributed by atoms with Crippen LogP contribution in [-0.2, 0) is 21.1 Å². The molecule has 0 aliphatic carbocycles. The molecule has 0 spiro atoms. The molecule has 4 rings (SSSR count). The molecule has 32 heavy (non-hydrogen) atoms. The summed E-state index contributed by atoms with van der Waals surface area (Å²) in [5.74, 6) is 0.660. The zero-order valence-corrected chi connectivity index (χ0v) is 20.0. The molecule has 2 aromatic rings. The number of benzene rings is 2. The summed E-state index contributed by atoms with van der Waals surface area (Å²) in [6.45, 7) is 0. The number of carbonyl (C=O) groups is 1. The van der Waals surface area contributed by atoms with Crippen LogP contribution in [0.4, 0.5) is 5.69 Å². The Kier molecular flexibility index (Phi) is 6.69. The van der Waals surface area contributed by atoms with Crippen LogP contribution in [0.5, 0.6) is 11.5 Å². The van der Waals surface area contributed by atoms with Crippen LogP contribution in [0.2, 0.25) is 5.02 Å². The summed E-state index contributed by atoms with van der Waals surface area (Å²) in [6.07, 6.45) is 0.843.